The number of fused-ring (bicyclic) bond motifs is 1. The SMILES string of the molecule is Cc1cc(NN)nc(CN2CCC3CCCCC3C2)n1. The van der Waals surface area contributed by atoms with Gasteiger partial charge in [-0.15, -0.1) is 0 Å². The Morgan fingerprint density at radius 3 is 2.85 bits per heavy atom. The summed E-state index contributed by atoms with van der Waals surface area (Å²) in [6.45, 7) is 5.23. The molecule has 20 heavy (non-hydrogen) atoms. The van der Waals surface area contributed by atoms with E-state index in [-0.39, 0.29) is 0 Å². The van der Waals surface area contributed by atoms with Gasteiger partial charge < -0.3 is 5.43 Å². The van der Waals surface area contributed by atoms with E-state index in [0.29, 0.717) is 5.82 Å². The van der Waals surface area contributed by atoms with Crippen LogP contribution >= 0.6 is 0 Å². The van der Waals surface area contributed by atoms with Crippen LogP contribution < -0.4 is 11.3 Å². The molecule has 1 saturated heterocycles. The van der Waals surface area contributed by atoms with Gasteiger partial charge in [-0.1, -0.05) is 19.3 Å². The van der Waals surface area contributed by atoms with Gasteiger partial charge in [0.2, 0.25) is 0 Å². The summed E-state index contributed by atoms with van der Waals surface area (Å²) in [7, 11) is 0. The Labute approximate surface area is 120 Å². The van der Waals surface area contributed by atoms with Gasteiger partial charge in [0.05, 0.1) is 6.54 Å². The maximum absolute atomic E-state index is 5.45. The first kappa shape index (κ1) is 13.8. The van der Waals surface area contributed by atoms with Crippen LogP contribution in [0.25, 0.3) is 0 Å². The maximum atomic E-state index is 5.45. The Morgan fingerprint density at radius 2 is 2.05 bits per heavy atom. The molecule has 5 nitrogen and oxygen atoms in total. The number of hydrogen-bond donors (Lipinski definition) is 2. The predicted molar refractivity (Wildman–Crippen MR) is 79.9 cm³/mol. The third kappa shape index (κ3) is 3.10. The Bertz CT molecular complexity index is 462. The molecule has 2 heterocycles. The highest BCUT2D eigenvalue weighted by molar-refractivity contribution is 5.33. The molecule has 0 aromatic carbocycles. The molecule has 2 atom stereocenters. The van der Waals surface area contributed by atoms with Crippen LogP contribution in [0.4, 0.5) is 5.82 Å². The summed E-state index contributed by atoms with van der Waals surface area (Å²) >= 11 is 0. The van der Waals surface area contributed by atoms with Crippen molar-refractivity contribution in [2.45, 2.75) is 45.6 Å². The van der Waals surface area contributed by atoms with Crippen molar-refractivity contribution in [2.24, 2.45) is 17.7 Å². The first-order valence-electron chi connectivity index (χ1n) is 7.78. The van der Waals surface area contributed by atoms with Crippen molar-refractivity contribution in [2.75, 3.05) is 18.5 Å². The topological polar surface area (TPSA) is 67.1 Å². The smallest absolute Gasteiger partial charge is 0.145 e. The fraction of sp³-hybridized carbons (Fsp3) is 0.733. The van der Waals surface area contributed by atoms with Gasteiger partial charge in [0, 0.05) is 18.3 Å². The summed E-state index contributed by atoms with van der Waals surface area (Å²) in [5.41, 5.74) is 3.59. The maximum Gasteiger partial charge on any atom is 0.145 e. The molecule has 1 aromatic rings. The summed E-state index contributed by atoms with van der Waals surface area (Å²) in [6.07, 6.45) is 7.05. The van der Waals surface area contributed by atoms with E-state index in [2.05, 4.69) is 20.3 Å². The molecule has 1 aliphatic heterocycles. The average Bonchev–Trinajstić information content (AvgIpc) is 2.46. The van der Waals surface area contributed by atoms with Crippen molar-refractivity contribution < 1.29 is 0 Å². The van der Waals surface area contributed by atoms with Crippen LogP contribution in [0.5, 0.6) is 0 Å². The van der Waals surface area contributed by atoms with E-state index in [1.54, 1.807) is 0 Å². The van der Waals surface area contributed by atoms with Crippen LogP contribution in [0.2, 0.25) is 0 Å². The molecule has 0 radical (unpaired) electrons. The molecule has 1 saturated carbocycles. The lowest BCUT2D eigenvalue weighted by Gasteiger charge is -2.41. The van der Waals surface area contributed by atoms with Crippen LogP contribution in [0.15, 0.2) is 6.07 Å². The zero-order valence-corrected chi connectivity index (χ0v) is 12.3. The van der Waals surface area contributed by atoms with E-state index in [4.69, 9.17) is 5.84 Å². The Hall–Kier alpha value is -1.20. The van der Waals surface area contributed by atoms with Crippen LogP contribution in [-0.2, 0) is 6.54 Å². The second-order valence-corrected chi connectivity index (χ2v) is 6.28. The predicted octanol–water partition coefficient (Wildman–Crippen LogP) is 2.08. The van der Waals surface area contributed by atoms with E-state index in [0.717, 1.165) is 29.9 Å². The van der Waals surface area contributed by atoms with E-state index in [1.165, 1.54) is 45.2 Å². The van der Waals surface area contributed by atoms with Crippen molar-refractivity contribution in [1.29, 1.82) is 0 Å². The number of nitrogen functional groups attached to an aromatic ring is 1. The molecule has 1 aliphatic carbocycles. The number of nitrogens with zero attached hydrogens (tertiary/aromatic N) is 3. The summed E-state index contributed by atoms with van der Waals surface area (Å²) in [6, 6.07) is 1.87. The zero-order chi connectivity index (χ0) is 13.9. The number of nitrogens with one attached hydrogen (secondary N) is 1. The number of nitrogens with two attached hydrogens (primary N) is 1. The number of aryl methyl sites for hydroxylation is 1. The number of aromatic nitrogens is 2. The number of rotatable bonds is 3. The van der Waals surface area contributed by atoms with Crippen LogP contribution in [0, 0.1) is 18.8 Å². The summed E-state index contributed by atoms with van der Waals surface area (Å²) in [4.78, 5) is 11.5. The Kier molecular flexibility index (Phi) is 4.17. The molecule has 5 heteroatoms. The van der Waals surface area contributed by atoms with Crippen LogP contribution in [0.1, 0.15) is 43.6 Å². The lowest BCUT2D eigenvalue weighted by atomic mass is 9.75. The van der Waals surface area contributed by atoms with Gasteiger partial charge in [0.15, 0.2) is 0 Å². The highest BCUT2D eigenvalue weighted by Gasteiger charge is 2.31. The molecule has 2 fully saturated rings. The molecular weight excluding hydrogens is 250 g/mol. The number of hydrazine groups is 1. The fourth-order valence-corrected chi connectivity index (χ4v) is 3.79. The van der Waals surface area contributed by atoms with Crippen molar-refractivity contribution in [3.63, 3.8) is 0 Å². The molecule has 110 valence electrons. The van der Waals surface area contributed by atoms with E-state index in [1.807, 2.05) is 13.0 Å². The molecular formula is C15H25N5. The Balaban J connectivity index is 1.64. The van der Waals surface area contributed by atoms with E-state index in [9.17, 15) is 0 Å². The molecule has 0 amide bonds. The lowest BCUT2D eigenvalue weighted by molar-refractivity contribution is 0.0803. The lowest BCUT2D eigenvalue weighted by Crippen LogP contribution is -2.41. The molecule has 0 spiro atoms. The van der Waals surface area contributed by atoms with Crippen molar-refractivity contribution in [3.05, 3.63) is 17.6 Å². The quantitative estimate of drug-likeness (QED) is 0.653. The third-order valence-corrected chi connectivity index (χ3v) is 4.79. The number of anilines is 1. The summed E-state index contributed by atoms with van der Waals surface area (Å²) in [5, 5.41) is 0. The van der Waals surface area contributed by atoms with Gasteiger partial charge in [0.25, 0.3) is 0 Å². The minimum Gasteiger partial charge on any atom is -0.308 e. The largest absolute Gasteiger partial charge is 0.308 e. The minimum absolute atomic E-state index is 0.708. The average molecular weight is 275 g/mol. The standard InChI is InChI=1S/C15H25N5/c1-11-8-14(19-16)18-15(17-11)10-20-7-6-12-4-2-3-5-13(12)9-20/h8,12-13H,2-7,9-10,16H2,1H3,(H,17,18,19). The van der Waals surface area contributed by atoms with Crippen LogP contribution in [0.3, 0.4) is 0 Å². The highest BCUT2D eigenvalue weighted by atomic mass is 15.3. The second kappa shape index (κ2) is 6.06. The second-order valence-electron chi connectivity index (χ2n) is 6.28. The normalized spacial score (nSPS) is 27.1. The minimum atomic E-state index is 0.708. The molecule has 1 aromatic heterocycles. The molecule has 2 unspecified atom stereocenters. The van der Waals surface area contributed by atoms with E-state index < -0.39 is 0 Å². The van der Waals surface area contributed by atoms with Gasteiger partial charge in [-0.05, 0) is 38.1 Å². The molecule has 3 rings (SSSR count). The molecule has 3 N–H and O–H groups in total. The van der Waals surface area contributed by atoms with Gasteiger partial charge >= 0.3 is 0 Å². The van der Waals surface area contributed by atoms with Crippen molar-refractivity contribution >= 4 is 5.82 Å². The summed E-state index contributed by atoms with van der Waals surface area (Å²) < 4.78 is 0. The van der Waals surface area contributed by atoms with Gasteiger partial charge in [-0.3, -0.25) is 4.90 Å². The monoisotopic (exact) mass is 275 g/mol. The molecule has 0 bridgehead atoms. The van der Waals surface area contributed by atoms with E-state index >= 15 is 0 Å². The fourth-order valence-electron chi connectivity index (χ4n) is 3.79. The van der Waals surface area contributed by atoms with Gasteiger partial charge in [0.1, 0.15) is 11.6 Å². The van der Waals surface area contributed by atoms with Gasteiger partial charge in [-0.2, -0.15) is 0 Å². The molecule has 2 aliphatic rings. The third-order valence-electron chi connectivity index (χ3n) is 4.79. The highest BCUT2D eigenvalue weighted by Crippen LogP contribution is 2.36. The van der Waals surface area contributed by atoms with Crippen molar-refractivity contribution in [3.8, 4) is 0 Å². The first-order valence-corrected chi connectivity index (χ1v) is 7.78. The van der Waals surface area contributed by atoms with Crippen LogP contribution in [-0.4, -0.2) is 28.0 Å². The zero-order valence-electron chi connectivity index (χ0n) is 12.3. The van der Waals surface area contributed by atoms with Gasteiger partial charge in [-0.25, -0.2) is 15.8 Å². The summed E-state index contributed by atoms with van der Waals surface area (Å²) in [5.74, 6) is 8.91. The number of likely N-dealkylation sites (tertiary alicyclic amines) is 1. The first-order chi connectivity index (χ1) is 9.74. The van der Waals surface area contributed by atoms with Crippen molar-refractivity contribution in [1.82, 2.24) is 14.9 Å². The number of piperidine rings is 1. The Morgan fingerprint density at radius 1 is 1.25 bits per heavy atom. The number of hydrogen-bond acceptors (Lipinski definition) is 5.